The first-order valence-electron chi connectivity index (χ1n) is 6.46. The van der Waals surface area contributed by atoms with E-state index >= 15 is 0 Å². The third-order valence-corrected chi connectivity index (χ3v) is 3.53. The Labute approximate surface area is 111 Å². The lowest BCUT2D eigenvalue weighted by Gasteiger charge is -2.26. The first-order valence-corrected chi connectivity index (χ1v) is 6.46. The van der Waals surface area contributed by atoms with Crippen LogP contribution in [0, 0.1) is 11.8 Å². The Morgan fingerprint density at radius 3 is 2.79 bits per heavy atom. The molecule has 104 valence electrons. The molecule has 2 N–H and O–H groups in total. The van der Waals surface area contributed by atoms with E-state index in [1.54, 1.807) is 0 Å². The van der Waals surface area contributed by atoms with Crippen LogP contribution < -0.4 is 10.7 Å². The van der Waals surface area contributed by atoms with Crippen molar-refractivity contribution < 1.29 is 9.52 Å². The monoisotopic (exact) mass is 264 g/mol. The van der Waals surface area contributed by atoms with Crippen molar-refractivity contribution in [3.8, 4) is 0 Å². The average molecular weight is 264 g/mol. The summed E-state index contributed by atoms with van der Waals surface area (Å²) in [4.78, 5) is 15.8. The third kappa shape index (κ3) is 2.98. The molecule has 19 heavy (non-hydrogen) atoms. The number of nitrogens with one attached hydrogen (secondary N) is 1. The lowest BCUT2D eigenvalue weighted by Crippen LogP contribution is -2.30. The summed E-state index contributed by atoms with van der Waals surface area (Å²) < 4.78 is 5.05. The van der Waals surface area contributed by atoms with Gasteiger partial charge in [0.15, 0.2) is 5.58 Å². The highest BCUT2D eigenvalue weighted by Crippen LogP contribution is 2.21. The van der Waals surface area contributed by atoms with Crippen LogP contribution in [-0.2, 0) is 0 Å². The van der Waals surface area contributed by atoms with Gasteiger partial charge in [-0.15, -0.1) is 0 Å². The van der Waals surface area contributed by atoms with Gasteiger partial charge in [0.1, 0.15) is 0 Å². The number of fused-ring (bicyclic) bond motifs is 1. The van der Waals surface area contributed by atoms with Crippen LogP contribution in [0.1, 0.15) is 13.8 Å². The minimum absolute atomic E-state index is 0.170. The largest absolute Gasteiger partial charge is 0.417 e. The molecule has 0 radical (unpaired) electrons. The van der Waals surface area contributed by atoms with Crippen LogP contribution in [0.3, 0.4) is 0 Å². The molecule has 0 amide bonds. The fraction of sp³-hybridized carbons (Fsp3) is 0.500. The van der Waals surface area contributed by atoms with Crippen molar-refractivity contribution in [3.05, 3.63) is 28.7 Å². The summed E-state index contributed by atoms with van der Waals surface area (Å²) in [6, 6.07) is 5.60. The average Bonchev–Trinajstić information content (AvgIpc) is 2.74. The predicted molar refractivity (Wildman–Crippen MR) is 75.5 cm³/mol. The fourth-order valence-corrected chi connectivity index (χ4v) is 2.11. The second kappa shape index (κ2) is 5.48. The zero-order valence-electron chi connectivity index (χ0n) is 11.5. The number of hydrogen-bond acceptors (Lipinski definition) is 4. The summed E-state index contributed by atoms with van der Waals surface area (Å²) in [6.45, 7) is 5.13. The van der Waals surface area contributed by atoms with E-state index in [2.05, 4.69) is 23.7 Å². The molecule has 1 heterocycles. The number of aliphatic hydroxyl groups excluding tert-OH is 1. The van der Waals surface area contributed by atoms with Gasteiger partial charge in [0.2, 0.25) is 0 Å². The van der Waals surface area contributed by atoms with Crippen LogP contribution in [0.2, 0.25) is 0 Å². The number of rotatable bonds is 5. The number of nitrogens with zero attached hydrogens (tertiary/aromatic N) is 1. The zero-order chi connectivity index (χ0) is 14.0. The first kappa shape index (κ1) is 13.7. The molecular formula is C14H20N2O3. The van der Waals surface area contributed by atoms with E-state index in [1.807, 2.05) is 25.2 Å². The second-order valence-corrected chi connectivity index (χ2v) is 5.26. The van der Waals surface area contributed by atoms with E-state index in [0.29, 0.717) is 17.0 Å². The molecule has 0 saturated heterocycles. The number of aromatic nitrogens is 1. The van der Waals surface area contributed by atoms with Crippen molar-refractivity contribution >= 4 is 16.8 Å². The SMILES string of the molecule is CC(C)C(CO)CN(C)c1ccc2[nH]c(=O)oc2c1. The van der Waals surface area contributed by atoms with Crippen LogP contribution in [0.4, 0.5) is 5.69 Å². The maximum atomic E-state index is 11.1. The smallest absolute Gasteiger partial charge is 0.408 e. The molecule has 2 aromatic rings. The summed E-state index contributed by atoms with van der Waals surface area (Å²) in [5.41, 5.74) is 2.22. The molecule has 2 rings (SSSR count). The van der Waals surface area contributed by atoms with Gasteiger partial charge in [-0.2, -0.15) is 0 Å². The zero-order valence-corrected chi connectivity index (χ0v) is 11.5. The van der Waals surface area contributed by atoms with Crippen molar-refractivity contribution in [1.29, 1.82) is 0 Å². The van der Waals surface area contributed by atoms with Gasteiger partial charge >= 0.3 is 5.76 Å². The van der Waals surface area contributed by atoms with E-state index in [9.17, 15) is 9.90 Å². The maximum Gasteiger partial charge on any atom is 0.417 e. The first-order chi connectivity index (χ1) is 9.01. The van der Waals surface area contributed by atoms with Crippen molar-refractivity contribution in [2.45, 2.75) is 13.8 Å². The quantitative estimate of drug-likeness (QED) is 0.864. The van der Waals surface area contributed by atoms with Gasteiger partial charge in [-0.3, -0.25) is 4.98 Å². The topological polar surface area (TPSA) is 69.5 Å². The molecule has 0 spiro atoms. The Bertz CT molecular complexity index is 600. The predicted octanol–water partition coefficient (Wildman–Crippen LogP) is 1.82. The number of anilines is 1. The van der Waals surface area contributed by atoms with Crippen molar-refractivity contribution in [2.24, 2.45) is 11.8 Å². The molecule has 1 unspecified atom stereocenters. The minimum atomic E-state index is -0.440. The van der Waals surface area contributed by atoms with Crippen molar-refractivity contribution in [1.82, 2.24) is 4.98 Å². The van der Waals surface area contributed by atoms with Gasteiger partial charge in [0.05, 0.1) is 5.52 Å². The highest BCUT2D eigenvalue weighted by Gasteiger charge is 2.15. The highest BCUT2D eigenvalue weighted by atomic mass is 16.4. The second-order valence-electron chi connectivity index (χ2n) is 5.26. The van der Waals surface area contributed by atoms with E-state index in [-0.39, 0.29) is 12.5 Å². The van der Waals surface area contributed by atoms with Crippen LogP contribution in [0.5, 0.6) is 0 Å². The van der Waals surface area contributed by atoms with Crippen LogP contribution in [0.25, 0.3) is 11.1 Å². The van der Waals surface area contributed by atoms with E-state index in [4.69, 9.17) is 4.42 Å². The van der Waals surface area contributed by atoms with Gasteiger partial charge in [-0.25, -0.2) is 4.79 Å². The van der Waals surface area contributed by atoms with Crippen molar-refractivity contribution in [3.63, 3.8) is 0 Å². The standard InChI is InChI=1S/C14H20N2O3/c1-9(2)10(8-17)7-16(3)11-4-5-12-13(6-11)19-14(18)15-12/h4-6,9-10,17H,7-8H2,1-3H3,(H,15,18). The molecule has 5 nitrogen and oxygen atoms in total. The van der Waals surface area contributed by atoms with Crippen LogP contribution in [0.15, 0.2) is 27.4 Å². The normalized spacial score (nSPS) is 13.1. The summed E-state index contributed by atoms with van der Waals surface area (Å²) in [5, 5.41) is 9.38. The Morgan fingerprint density at radius 1 is 1.42 bits per heavy atom. The third-order valence-electron chi connectivity index (χ3n) is 3.53. The van der Waals surface area contributed by atoms with E-state index in [1.165, 1.54) is 0 Å². The lowest BCUT2D eigenvalue weighted by atomic mass is 9.96. The van der Waals surface area contributed by atoms with Crippen LogP contribution in [-0.4, -0.2) is 30.3 Å². The van der Waals surface area contributed by atoms with Gasteiger partial charge in [-0.05, 0) is 18.1 Å². The van der Waals surface area contributed by atoms with Gasteiger partial charge in [0, 0.05) is 37.9 Å². The number of aromatic amines is 1. The number of oxazole rings is 1. The molecule has 1 atom stereocenters. The minimum Gasteiger partial charge on any atom is -0.408 e. The molecule has 0 aliphatic rings. The van der Waals surface area contributed by atoms with Gasteiger partial charge < -0.3 is 14.4 Å². The molecule has 5 heteroatoms. The number of hydrogen-bond donors (Lipinski definition) is 2. The fourth-order valence-electron chi connectivity index (χ4n) is 2.11. The number of aliphatic hydroxyl groups is 1. The Morgan fingerprint density at radius 2 is 2.16 bits per heavy atom. The molecular weight excluding hydrogens is 244 g/mol. The van der Waals surface area contributed by atoms with Gasteiger partial charge in [0.25, 0.3) is 0 Å². The Balaban J connectivity index is 2.20. The summed E-state index contributed by atoms with van der Waals surface area (Å²) in [5.74, 6) is 0.200. The molecule has 1 aromatic carbocycles. The summed E-state index contributed by atoms with van der Waals surface area (Å²) in [6.07, 6.45) is 0. The lowest BCUT2D eigenvalue weighted by molar-refractivity contribution is 0.193. The summed E-state index contributed by atoms with van der Waals surface area (Å²) >= 11 is 0. The molecule has 0 aliphatic carbocycles. The number of H-pyrrole nitrogens is 1. The Hall–Kier alpha value is -1.75. The van der Waals surface area contributed by atoms with Gasteiger partial charge in [-0.1, -0.05) is 13.8 Å². The van der Waals surface area contributed by atoms with E-state index < -0.39 is 5.76 Å². The molecule has 0 aliphatic heterocycles. The maximum absolute atomic E-state index is 11.1. The van der Waals surface area contributed by atoms with Crippen molar-refractivity contribution in [2.75, 3.05) is 25.1 Å². The Kier molecular flexibility index (Phi) is 3.95. The number of benzene rings is 1. The van der Waals surface area contributed by atoms with Crippen LogP contribution >= 0.6 is 0 Å². The molecule has 0 bridgehead atoms. The summed E-state index contributed by atoms with van der Waals surface area (Å²) in [7, 11) is 1.97. The molecule has 1 aromatic heterocycles. The molecule has 0 fully saturated rings. The van der Waals surface area contributed by atoms with E-state index in [0.717, 1.165) is 12.2 Å². The molecule has 0 saturated carbocycles. The highest BCUT2D eigenvalue weighted by molar-refractivity contribution is 5.76.